The SMILES string of the molecule is COc1cccc(OCCn2cccc2/C=C2/C(=N)N3OC(C)=CC3=NC2=O)c1. The van der Waals surface area contributed by atoms with Crippen molar-refractivity contribution < 1.29 is 19.1 Å². The number of hydroxylamine groups is 2. The average molecular weight is 392 g/mol. The molecule has 8 nitrogen and oxygen atoms in total. The van der Waals surface area contributed by atoms with Gasteiger partial charge in [-0.15, -0.1) is 5.06 Å². The van der Waals surface area contributed by atoms with Gasteiger partial charge in [-0.1, -0.05) is 6.07 Å². The standard InChI is InChI=1S/C21H20N4O4/c1-14-11-19-23-21(26)18(20(22)25(19)29-14)12-15-5-4-8-24(15)9-10-28-17-7-3-6-16(13-17)27-2/h3-8,11-13,22H,9-10H2,1-2H3/b18-12-,22-20?. The summed E-state index contributed by atoms with van der Waals surface area (Å²) in [4.78, 5) is 21.8. The molecule has 0 fully saturated rings. The zero-order valence-electron chi connectivity index (χ0n) is 16.1. The second-order valence-electron chi connectivity index (χ2n) is 6.48. The zero-order valence-corrected chi connectivity index (χ0v) is 16.1. The predicted octanol–water partition coefficient (Wildman–Crippen LogP) is 3.03. The van der Waals surface area contributed by atoms with Gasteiger partial charge in [0.25, 0.3) is 5.91 Å². The molecule has 3 heterocycles. The smallest absolute Gasteiger partial charge is 0.283 e. The summed E-state index contributed by atoms with van der Waals surface area (Å²) in [7, 11) is 1.61. The van der Waals surface area contributed by atoms with Crippen LogP contribution in [0.25, 0.3) is 6.08 Å². The number of rotatable bonds is 6. The first-order valence-electron chi connectivity index (χ1n) is 9.07. The number of amides is 1. The lowest BCUT2D eigenvalue weighted by Gasteiger charge is -2.23. The van der Waals surface area contributed by atoms with Crippen molar-refractivity contribution in [2.45, 2.75) is 13.5 Å². The van der Waals surface area contributed by atoms with Crippen LogP contribution in [0.2, 0.25) is 0 Å². The minimum Gasteiger partial charge on any atom is -0.497 e. The van der Waals surface area contributed by atoms with Crippen LogP contribution in [-0.4, -0.2) is 40.9 Å². The molecule has 1 aromatic heterocycles. The Balaban J connectivity index is 1.47. The van der Waals surface area contributed by atoms with E-state index in [4.69, 9.17) is 19.7 Å². The summed E-state index contributed by atoms with van der Waals surface area (Å²) in [6, 6.07) is 11.2. The van der Waals surface area contributed by atoms with Gasteiger partial charge in [0.1, 0.15) is 23.9 Å². The van der Waals surface area contributed by atoms with Crippen LogP contribution in [-0.2, 0) is 16.2 Å². The van der Waals surface area contributed by atoms with E-state index in [1.54, 1.807) is 26.2 Å². The number of aromatic nitrogens is 1. The Kier molecular flexibility index (Phi) is 4.90. The van der Waals surface area contributed by atoms with Gasteiger partial charge in [-0.05, 0) is 37.3 Å². The molecule has 4 rings (SSSR count). The number of fused-ring (bicyclic) bond motifs is 1. The molecule has 0 unspecified atom stereocenters. The molecule has 29 heavy (non-hydrogen) atoms. The van der Waals surface area contributed by atoms with Gasteiger partial charge in [0, 0.05) is 24.0 Å². The molecule has 0 aliphatic carbocycles. The number of carbonyl (C=O) groups is 1. The first kappa shape index (κ1) is 18.5. The highest BCUT2D eigenvalue weighted by Gasteiger charge is 2.34. The van der Waals surface area contributed by atoms with Crippen molar-refractivity contribution in [2.24, 2.45) is 4.99 Å². The van der Waals surface area contributed by atoms with Crippen molar-refractivity contribution >= 4 is 23.7 Å². The van der Waals surface area contributed by atoms with Crippen molar-refractivity contribution in [1.29, 1.82) is 5.41 Å². The molecule has 0 saturated carbocycles. The third kappa shape index (κ3) is 3.77. The van der Waals surface area contributed by atoms with Crippen LogP contribution in [0.3, 0.4) is 0 Å². The molecule has 2 aliphatic heterocycles. The van der Waals surface area contributed by atoms with Crippen molar-refractivity contribution in [3.05, 3.63) is 65.7 Å². The molecule has 2 aromatic rings. The molecular weight excluding hydrogens is 372 g/mol. The summed E-state index contributed by atoms with van der Waals surface area (Å²) in [6.45, 7) is 2.75. The lowest BCUT2D eigenvalue weighted by atomic mass is 10.1. The van der Waals surface area contributed by atoms with Crippen molar-refractivity contribution in [2.75, 3.05) is 13.7 Å². The number of hydrogen-bond donors (Lipinski definition) is 1. The van der Waals surface area contributed by atoms with Gasteiger partial charge >= 0.3 is 0 Å². The average Bonchev–Trinajstić information content (AvgIpc) is 3.31. The Morgan fingerprint density at radius 1 is 1.24 bits per heavy atom. The highest BCUT2D eigenvalue weighted by atomic mass is 16.7. The van der Waals surface area contributed by atoms with Gasteiger partial charge in [-0.3, -0.25) is 10.2 Å². The minimum atomic E-state index is -0.462. The Bertz CT molecular complexity index is 1060. The van der Waals surface area contributed by atoms with Gasteiger partial charge in [-0.25, -0.2) is 0 Å². The Morgan fingerprint density at radius 2 is 2.07 bits per heavy atom. The predicted molar refractivity (Wildman–Crippen MR) is 108 cm³/mol. The van der Waals surface area contributed by atoms with Crippen LogP contribution in [0, 0.1) is 5.41 Å². The second kappa shape index (κ2) is 7.67. The lowest BCUT2D eigenvalue weighted by molar-refractivity contribution is -0.114. The van der Waals surface area contributed by atoms with E-state index >= 15 is 0 Å². The number of allylic oxidation sites excluding steroid dienone is 1. The summed E-state index contributed by atoms with van der Waals surface area (Å²) in [5.41, 5.74) is 0.945. The highest BCUT2D eigenvalue weighted by Crippen LogP contribution is 2.24. The molecule has 1 aromatic carbocycles. The summed E-state index contributed by atoms with van der Waals surface area (Å²) in [6.07, 6.45) is 5.17. The number of methoxy groups -OCH3 is 1. The first-order chi connectivity index (χ1) is 14.0. The van der Waals surface area contributed by atoms with E-state index in [1.807, 2.05) is 47.2 Å². The van der Waals surface area contributed by atoms with Crippen LogP contribution < -0.4 is 9.47 Å². The molecule has 8 heteroatoms. The fourth-order valence-corrected chi connectivity index (χ4v) is 3.06. The molecule has 0 saturated heterocycles. The van der Waals surface area contributed by atoms with E-state index in [1.165, 1.54) is 5.06 Å². The number of nitrogens with zero attached hydrogens (tertiary/aromatic N) is 3. The maximum Gasteiger partial charge on any atom is 0.283 e. The Hall–Kier alpha value is -3.81. The van der Waals surface area contributed by atoms with Crippen molar-refractivity contribution in [3.8, 4) is 11.5 Å². The van der Waals surface area contributed by atoms with E-state index < -0.39 is 5.91 Å². The van der Waals surface area contributed by atoms with Gasteiger partial charge in [0.2, 0.25) is 0 Å². The van der Waals surface area contributed by atoms with E-state index in [2.05, 4.69) is 4.99 Å². The summed E-state index contributed by atoms with van der Waals surface area (Å²) in [5, 5.41) is 9.56. The summed E-state index contributed by atoms with van der Waals surface area (Å²) >= 11 is 0. The van der Waals surface area contributed by atoms with Crippen LogP contribution in [0.4, 0.5) is 0 Å². The number of amidine groups is 2. The maximum atomic E-state index is 12.4. The quantitative estimate of drug-likeness (QED) is 0.764. The van der Waals surface area contributed by atoms with Crippen LogP contribution in [0.5, 0.6) is 11.5 Å². The van der Waals surface area contributed by atoms with Crippen molar-refractivity contribution in [1.82, 2.24) is 9.63 Å². The van der Waals surface area contributed by atoms with E-state index in [0.717, 1.165) is 17.2 Å². The summed E-state index contributed by atoms with van der Waals surface area (Å²) < 4.78 is 12.9. The maximum absolute atomic E-state index is 12.4. The number of nitrogens with one attached hydrogen (secondary N) is 1. The highest BCUT2D eigenvalue weighted by molar-refractivity contribution is 6.32. The van der Waals surface area contributed by atoms with Gasteiger partial charge in [0.05, 0.1) is 19.2 Å². The molecular formula is C21H20N4O4. The van der Waals surface area contributed by atoms with Crippen LogP contribution in [0.1, 0.15) is 12.6 Å². The van der Waals surface area contributed by atoms with Crippen LogP contribution in [0.15, 0.2) is 65.0 Å². The fraction of sp³-hybridized carbons (Fsp3) is 0.190. The summed E-state index contributed by atoms with van der Waals surface area (Å²) in [5.74, 6) is 1.87. The second-order valence-corrected chi connectivity index (χ2v) is 6.48. The molecule has 2 aliphatic rings. The normalized spacial score (nSPS) is 17.0. The van der Waals surface area contributed by atoms with E-state index in [0.29, 0.717) is 24.7 Å². The zero-order chi connectivity index (χ0) is 20.4. The number of aliphatic imine (C=N–C) groups is 1. The molecule has 0 radical (unpaired) electrons. The van der Waals surface area contributed by atoms with Gasteiger partial charge in [0.15, 0.2) is 11.7 Å². The molecule has 1 amide bonds. The monoisotopic (exact) mass is 392 g/mol. The number of benzene rings is 1. The largest absolute Gasteiger partial charge is 0.497 e. The lowest BCUT2D eigenvalue weighted by Crippen LogP contribution is -2.38. The molecule has 0 bridgehead atoms. The third-order valence-electron chi connectivity index (χ3n) is 4.48. The van der Waals surface area contributed by atoms with Gasteiger partial charge < -0.3 is 18.9 Å². The first-order valence-corrected chi connectivity index (χ1v) is 9.07. The molecule has 1 N–H and O–H groups in total. The Morgan fingerprint density at radius 3 is 2.90 bits per heavy atom. The minimum absolute atomic E-state index is 0.0338. The van der Waals surface area contributed by atoms with Gasteiger partial charge in [-0.2, -0.15) is 4.99 Å². The van der Waals surface area contributed by atoms with E-state index in [-0.39, 0.29) is 11.4 Å². The number of ether oxygens (including phenoxy) is 2. The third-order valence-corrected chi connectivity index (χ3v) is 4.48. The Labute approximate surface area is 167 Å². The molecule has 0 atom stereocenters. The van der Waals surface area contributed by atoms with Crippen molar-refractivity contribution in [3.63, 3.8) is 0 Å². The molecule has 148 valence electrons. The number of hydrogen-bond acceptors (Lipinski definition) is 5. The number of carbonyl (C=O) groups excluding carboxylic acids is 1. The van der Waals surface area contributed by atoms with Crippen LogP contribution >= 0.6 is 0 Å². The topological polar surface area (TPSA) is 89.1 Å². The fourth-order valence-electron chi connectivity index (χ4n) is 3.06. The molecule has 0 spiro atoms. The van der Waals surface area contributed by atoms with E-state index in [9.17, 15) is 4.79 Å².